The largest absolute Gasteiger partial charge is 0.493 e. The van der Waals surface area contributed by atoms with Crippen molar-refractivity contribution in [1.82, 2.24) is 4.90 Å². The van der Waals surface area contributed by atoms with Crippen LogP contribution in [0.3, 0.4) is 0 Å². The van der Waals surface area contributed by atoms with E-state index in [4.69, 9.17) is 14.2 Å². The van der Waals surface area contributed by atoms with Crippen LogP contribution in [-0.2, 0) is 11.2 Å². The molecule has 0 spiro atoms. The van der Waals surface area contributed by atoms with E-state index in [0.717, 1.165) is 28.6 Å². The fourth-order valence-corrected chi connectivity index (χ4v) is 4.05. The Kier molecular flexibility index (Phi) is 8.83. The highest BCUT2D eigenvalue weighted by molar-refractivity contribution is 9.10. The number of nitrogens with zero attached hydrogens (tertiary/aromatic N) is 1. The molecule has 0 saturated carbocycles. The number of benzene rings is 2. The topological polar surface area (TPSA) is 48.0 Å². The van der Waals surface area contributed by atoms with E-state index in [9.17, 15) is 4.79 Å². The van der Waals surface area contributed by atoms with Crippen molar-refractivity contribution < 1.29 is 19.0 Å². The Labute approximate surface area is 182 Å². The molecule has 1 unspecified atom stereocenters. The van der Waals surface area contributed by atoms with Crippen molar-refractivity contribution >= 4 is 21.8 Å². The van der Waals surface area contributed by atoms with E-state index < -0.39 is 0 Å². The van der Waals surface area contributed by atoms with Gasteiger partial charge in [-0.3, -0.25) is 4.79 Å². The summed E-state index contributed by atoms with van der Waals surface area (Å²) in [7, 11) is 4.76. The molecule has 5 nitrogen and oxygen atoms in total. The van der Waals surface area contributed by atoms with Crippen molar-refractivity contribution in [2.24, 2.45) is 0 Å². The van der Waals surface area contributed by atoms with Crippen molar-refractivity contribution in [3.63, 3.8) is 0 Å². The molecular weight excluding hydrogens is 434 g/mol. The molecule has 1 atom stereocenters. The van der Waals surface area contributed by atoms with E-state index in [1.54, 1.807) is 21.3 Å². The van der Waals surface area contributed by atoms with Gasteiger partial charge in [0.25, 0.3) is 0 Å². The van der Waals surface area contributed by atoms with Crippen molar-refractivity contribution in [2.45, 2.75) is 39.2 Å². The maximum Gasteiger partial charge on any atom is 0.223 e. The van der Waals surface area contributed by atoms with Gasteiger partial charge in [0.1, 0.15) is 0 Å². The first kappa shape index (κ1) is 23.1. The zero-order valence-corrected chi connectivity index (χ0v) is 19.4. The van der Waals surface area contributed by atoms with Gasteiger partial charge < -0.3 is 19.1 Å². The van der Waals surface area contributed by atoms with Crippen molar-refractivity contribution in [1.29, 1.82) is 0 Å². The van der Waals surface area contributed by atoms with Crippen LogP contribution in [0.5, 0.6) is 17.2 Å². The molecule has 6 heteroatoms. The molecule has 1 amide bonds. The van der Waals surface area contributed by atoms with Gasteiger partial charge in [0, 0.05) is 17.4 Å². The Hall–Kier alpha value is -2.21. The number of methoxy groups -OCH3 is 3. The Bertz CT molecular complexity index is 799. The molecule has 0 bridgehead atoms. The average molecular weight is 464 g/mol. The summed E-state index contributed by atoms with van der Waals surface area (Å²) >= 11 is 3.61. The third-order valence-electron chi connectivity index (χ3n) is 4.96. The molecule has 0 N–H and O–H groups in total. The lowest BCUT2D eigenvalue weighted by molar-refractivity contribution is -0.133. The van der Waals surface area contributed by atoms with E-state index in [1.165, 1.54) is 0 Å². The molecule has 0 aliphatic carbocycles. The van der Waals surface area contributed by atoms with Gasteiger partial charge in [0.15, 0.2) is 11.5 Å². The summed E-state index contributed by atoms with van der Waals surface area (Å²) in [5, 5.41) is 0. The van der Waals surface area contributed by atoms with Crippen molar-refractivity contribution in [2.75, 3.05) is 27.9 Å². The number of hydrogen-bond acceptors (Lipinski definition) is 4. The predicted molar refractivity (Wildman–Crippen MR) is 119 cm³/mol. The number of aryl methyl sites for hydroxylation is 1. The molecule has 0 saturated heterocycles. The maximum absolute atomic E-state index is 13.1. The fraction of sp³-hybridized carbons (Fsp3) is 0.435. The lowest BCUT2D eigenvalue weighted by Crippen LogP contribution is -2.34. The minimum absolute atomic E-state index is 0.00188. The Morgan fingerprint density at radius 3 is 2.21 bits per heavy atom. The Morgan fingerprint density at radius 2 is 1.69 bits per heavy atom. The highest BCUT2D eigenvalue weighted by atomic mass is 79.9. The first-order valence-electron chi connectivity index (χ1n) is 9.79. The van der Waals surface area contributed by atoms with E-state index >= 15 is 0 Å². The lowest BCUT2D eigenvalue weighted by atomic mass is 10.0. The molecule has 29 heavy (non-hydrogen) atoms. The number of halogens is 1. The van der Waals surface area contributed by atoms with E-state index in [0.29, 0.717) is 30.1 Å². The molecule has 0 radical (unpaired) electrons. The average Bonchev–Trinajstić information content (AvgIpc) is 2.74. The fourth-order valence-electron chi connectivity index (χ4n) is 3.43. The third-order valence-corrected chi connectivity index (χ3v) is 5.68. The van der Waals surface area contributed by atoms with Crippen LogP contribution >= 0.6 is 15.9 Å². The van der Waals surface area contributed by atoms with Gasteiger partial charge in [-0.05, 0) is 49.1 Å². The van der Waals surface area contributed by atoms with Crippen LogP contribution in [0.2, 0.25) is 0 Å². The molecule has 2 rings (SSSR count). The van der Waals surface area contributed by atoms with Crippen molar-refractivity contribution in [3.05, 3.63) is 52.0 Å². The molecule has 2 aromatic rings. The van der Waals surface area contributed by atoms with Gasteiger partial charge in [0.05, 0.1) is 27.4 Å². The second-order valence-electron chi connectivity index (χ2n) is 6.82. The predicted octanol–water partition coefficient (Wildman–Crippen LogP) is 5.41. The van der Waals surface area contributed by atoms with Gasteiger partial charge in [-0.1, -0.05) is 41.1 Å². The van der Waals surface area contributed by atoms with Gasteiger partial charge in [-0.15, -0.1) is 0 Å². The smallest absolute Gasteiger partial charge is 0.223 e. The Balaban J connectivity index is 2.18. The molecule has 0 aliphatic heterocycles. The normalized spacial score (nSPS) is 11.7. The van der Waals surface area contributed by atoms with Gasteiger partial charge in [-0.2, -0.15) is 0 Å². The Morgan fingerprint density at radius 1 is 1.07 bits per heavy atom. The minimum atomic E-state index is -0.00188. The third kappa shape index (κ3) is 5.66. The van der Waals surface area contributed by atoms with Crippen LogP contribution in [0.25, 0.3) is 0 Å². The summed E-state index contributed by atoms with van der Waals surface area (Å²) in [4.78, 5) is 15.0. The molecule has 0 aliphatic rings. The zero-order chi connectivity index (χ0) is 21.4. The first-order chi connectivity index (χ1) is 14.0. The molecular formula is C23H30BrNO4. The molecule has 0 heterocycles. The van der Waals surface area contributed by atoms with Crippen molar-refractivity contribution in [3.8, 4) is 17.2 Å². The molecule has 158 valence electrons. The monoisotopic (exact) mass is 463 g/mol. The second-order valence-corrected chi connectivity index (χ2v) is 7.67. The molecule has 0 aromatic heterocycles. The van der Waals surface area contributed by atoms with Crippen LogP contribution in [0.15, 0.2) is 40.9 Å². The maximum atomic E-state index is 13.1. The van der Waals surface area contributed by atoms with Crippen LogP contribution in [0.4, 0.5) is 0 Å². The standard InChI is InChI=1S/C23H30BrNO4/c1-6-13-25(16(2)18-9-7-8-10-19(18)24)22(26)12-11-17-14-20(27-3)23(29-5)21(15-17)28-4/h7-10,14-16H,6,11-13H2,1-5H3. The van der Waals surface area contributed by atoms with Gasteiger partial charge in [0.2, 0.25) is 11.7 Å². The van der Waals surface area contributed by atoms with Gasteiger partial charge >= 0.3 is 0 Å². The zero-order valence-electron chi connectivity index (χ0n) is 17.8. The number of ether oxygens (including phenoxy) is 3. The summed E-state index contributed by atoms with van der Waals surface area (Å²) in [6, 6.07) is 11.8. The quantitative estimate of drug-likeness (QED) is 0.472. The van der Waals surface area contributed by atoms with E-state index in [-0.39, 0.29) is 11.9 Å². The van der Waals surface area contributed by atoms with Crippen LogP contribution in [0, 0.1) is 0 Å². The summed E-state index contributed by atoms with van der Waals surface area (Å²) in [5.74, 6) is 1.88. The first-order valence-corrected chi connectivity index (χ1v) is 10.6. The number of hydrogen-bond donors (Lipinski definition) is 0. The summed E-state index contributed by atoms with van der Waals surface area (Å²) < 4.78 is 17.2. The van der Waals surface area contributed by atoms with E-state index in [2.05, 4.69) is 35.8 Å². The minimum Gasteiger partial charge on any atom is -0.493 e. The highest BCUT2D eigenvalue weighted by Crippen LogP contribution is 2.38. The summed E-state index contributed by atoms with van der Waals surface area (Å²) in [6.45, 7) is 4.88. The summed E-state index contributed by atoms with van der Waals surface area (Å²) in [6.07, 6.45) is 1.91. The lowest BCUT2D eigenvalue weighted by Gasteiger charge is -2.30. The van der Waals surface area contributed by atoms with E-state index in [1.807, 2.05) is 35.2 Å². The van der Waals surface area contributed by atoms with Crippen LogP contribution in [-0.4, -0.2) is 38.7 Å². The highest BCUT2D eigenvalue weighted by Gasteiger charge is 2.22. The number of amides is 1. The SMILES string of the molecule is CCCN(C(=O)CCc1cc(OC)c(OC)c(OC)c1)C(C)c1ccccc1Br. The van der Waals surface area contributed by atoms with Crippen LogP contribution < -0.4 is 14.2 Å². The van der Waals surface area contributed by atoms with Crippen LogP contribution in [0.1, 0.15) is 43.9 Å². The second kappa shape index (κ2) is 11.1. The summed E-state index contributed by atoms with van der Waals surface area (Å²) in [5.41, 5.74) is 2.08. The van der Waals surface area contributed by atoms with Gasteiger partial charge in [-0.25, -0.2) is 0 Å². The number of carbonyl (C=O) groups is 1. The number of carbonyl (C=O) groups excluding carboxylic acids is 1. The number of rotatable bonds is 10. The molecule has 2 aromatic carbocycles. The molecule has 0 fully saturated rings.